The maximum Gasteiger partial charge on any atom is 0.262 e. The zero-order valence-corrected chi connectivity index (χ0v) is 14.1. The molecule has 2 aromatic rings. The molecule has 0 aliphatic rings. The normalized spacial score (nSPS) is 11.7. The molecule has 0 spiro atoms. The molecule has 0 bridgehead atoms. The molecule has 6 nitrogen and oxygen atoms in total. The zero-order valence-electron chi connectivity index (χ0n) is 11.0. The molecule has 114 valence electrons. The lowest BCUT2D eigenvalue weighted by molar-refractivity contribution is 0.291. The van der Waals surface area contributed by atoms with Crippen LogP contribution in [0.3, 0.4) is 0 Å². The van der Waals surface area contributed by atoms with E-state index in [1.807, 2.05) is 0 Å². The highest BCUT2D eigenvalue weighted by Crippen LogP contribution is 2.38. The fourth-order valence-corrected chi connectivity index (χ4v) is 3.32. The average molecular weight is 371 g/mol. The summed E-state index contributed by atoms with van der Waals surface area (Å²) in [5.41, 5.74) is 0. The summed E-state index contributed by atoms with van der Waals surface area (Å²) in [6.07, 6.45) is 0. The number of hydrogen-bond donors (Lipinski definition) is 0. The average Bonchev–Trinajstić information content (AvgIpc) is 2.70. The Labute approximate surface area is 136 Å². The van der Waals surface area contributed by atoms with E-state index in [1.165, 1.54) is 12.1 Å². The number of ether oxygens (including phenoxy) is 1. The van der Waals surface area contributed by atoms with Gasteiger partial charge in [-0.1, -0.05) is 23.2 Å². The minimum atomic E-state index is -3.97. The fraction of sp³-hybridized carbons (Fsp3) is 0.273. The van der Waals surface area contributed by atoms with Crippen LogP contribution in [-0.4, -0.2) is 23.2 Å². The van der Waals surface area contributed by atoms with E-state index >= 15 is 0 Å². The molecule has 0 atom stereocenters. The van der Waals surface area contributed by atoms with Crippen molar-refractivity contribution in [3.63, 3.8) is 0 Å². The smallest absolute Gasteiger partial charge is 0.262 e. The molecule has 0 saturated carbocycles. The van der Waals surface area contributed by atoms with Gasteiger partial charge in [-0.05, 0) is 19.1 Å². The SMILES string of the molecule is Cc1nnc(COc2ccc(S(=O)(=O)Cl)c(Cl)c2Cl)n1C. The van der Waals surface area contributed by atoms with E-state index in [9.17, 15) is 8.42 Å². The van der Waals surface area contributed by atoms with Crippen molar-refractivity contribution in [1.82, 2.24) is 14.8 Å². The minimum Gasteiger partial charge on any atom is -0.484 e. The fourth-order valence-electron chi connectivity index (χ4n) is 1.53. The van der Waals surface area contributed by atoms with Crippen molar-refractivity contribution >= 4 is 42.9 Å². The van der Waals surface area contributed by atoms with Gasteiger partial charge in [0.25, 0.3) is 9.05 Å². The van der Waals surface area contributed by atoms with Crippen LogP contribution in [0.25, 0.3) is 0 Å². The standard InChI is InChI=1S/C11H10Cl3N3O3S/c1-6-15-16-9(17(6)2)5-20-7-3-4-8(21(14,18)19)11(13)10(7)12/h3-4H,5H2,1-2H3. The number of hydrogen-bond acceptors (Lipinski definition) is 5. The van der Waals surface area contributed by atoms with Gasteiger partial charge in [0, 0.05) is 17.7 Å². The van der Waals surface area contributed by atoms with Gasteiger partial charge in [-0.2, -0.15) is 0 Å². The van der Waals surface area contributed by atoms with E-state index < -0.39 is 9.05 Å². The molecule has 0 N–H and O–H groups in total. The topological polar surface area (TPSA) is 74.1 Å². The summed E-state index contributed by atoms with van der Waals surface area (Å²) in [4.78, 5) is -0.266. The first-order valence-electron chi connectivity index (χ1n) is 5.62. The van der Waals surface area contributed by atoms with Crippen LogP contribution in [0.1, 0.15) is 11.6 Å². The maximum absolute atomic E-state index is 11.3. The number of rotatable bonds is 4. The van der Waals surface area contributed by atoms with Crippen molar-refractivity contribution in [3.05, 3.63) is 33.8 Å². The van der Waals surface area contributed by atoms with E-state index in [0.29, 0.717) is 5.82 Å². The monoisotopic (exact) mass is 369 g/mol. The van der Waals surface area contributed by atoms with Crippen LogP contribution in [0.15, 0.2) is 17.0 Å². The van der Waals surface area contributed by atoms with Crippen LogP contribution < -0.4 is 4.74 Å². The van der Waals surface area contributed by atoms with Crippen molar-refractivity contribution < 1.29 is 13.2 Å². The van der Waals surface area contributed by atoms with E-state index in [4.69, 9.17) is 38.6 Å². The number of halogens is 3. The molecule has 0 unspecified atom stereocenters. The Balaban J connectivity index is 2.26. The van der Waals surface area contributed by atoms with Crippen LogP contribution in [0, 0.1) is 6.92 Å². The van der Waals surface area contributed by atoms with Gasteiger partial charge in [0.05, 0.1) is 5.02 Å². The Morgan fingerprint density at radius 1 is 1.24 bits per heavy atom. The third kappa shape index (κ3) is 3.42. The third-order valence-corrected chi connectivity index (χ3v) is 5.15. The Bertz CT molecular complexity index is 789. The van der Waals surface area contributed by atoms with Crippen LogP contribution in [0.2, 0.25) is 10.0 Å². The summed E-state index contributed by atoms with van der Waals surface area (Å²) in [5.74, 6) is 1.56. The highest BCUT2D eigenvalue weighted by Gasteiger charge is 2.20. The molecule has 0 saturated heterocycles. The first kappa shape index (κ1) is 16.4. The molecule has 21 heavy (non-hydrogen) atoms. The number of aryl methyl sites for hydroxylation is 1. The predicted molar refractivity (Wildman–Crippen MR) is 79.6 cm³/mol. The maximum atomic E-state index is 11.3. The number of benzene rings is 1. The number of aromatic nitrogens is 3. The van der Waals surface area contributed by atoms with E-state index in [-0.39, 0.29) is 27.3 Å². The predicted octanol–water partition coefficient (Wildman–Crippen LogP) is 2.94. The van der Waals surface area contributed by atoms with Crippen molar-refractivity contribution in [2.45, 2.75) is 18.4 Å². The minimum absolute atomic E-state index is 0.0303. The molecular weight excluding hydrogens is 361 g/mol. The van der Waals surface area contributed by atoms with Crippen LogP contribution in [0.4, 0.5) is 0 Å². The van der Waals surface area contributed by atoms with Gasteiger partial charge in [0.15, 0.2) is 5.82 Å². The summed E-state index contributed by atoms with van der Waals surface area (Å²) in [7, 11) is 3.08. The third-order valence-electron chi connectivity index (χ3n) is 2.81. The summed E-state index contributed by atoms with van der Waals surface area (Å²) in [6.45, 7) is 1.92. The molecule has 0 aliphatic heterocycles. The second kappa shape index (κ2) is 6.00. The molecular formula is C11H10Cl3N3O3S. The lowest BCUT2D eigenvalue weighted by Gasteiger charge is -2.10. The van der Waals surface area contributed by atoms with Gasteiger partial charge in [0.2, 0.25) is 0 Å². The molecule has 0 radical (unpaired) electrons. The Morgan fingerprint density at radius 3 is 2.43 bits per heavy atom. The molecule has 10 heteroatoms. The zero-order chi connectivity index (χ0) is 15.8. The van der Waals surface area contributed by atoms with Gasteiger partial charge < -0.3 is 9.30 Å². The number of nitrogens with zero attached hydrogens (tertiary/aromatic N) is 3. The van der Waals surface area contributed by atoms with Crippen LogP contribution in [0.5, 0.6) is 5.75 Å². The van der Waals surface area contributed by atoms with Crippen LogP contribution in [-0.2, 0) is 22.7 Å². The van der Waals surface area contributed by atoms with Crippen molar-refractivity contribution in [2.24, 2.45) is 7.05 Å². The summed E-state index contributed by atoms with van der Waals surface area (Å²) in [5, 5.41) is 7.61. The molecule has 0 amide bonds. The van der Waals surface area contributed by atoms with Gasteiger partial charge in [-0.15, -0.1) is 10.2 Å². The van der Waals surface area contributed by atoms with Gasteiger partial charge in [-0.3, -0.25) is 0 Å². The largest absolute Gasteiger partial charge is 0.484 e. The molecule has 1 aromatic heterocycles. The van der Waals surface area contributed by atoms with Crippen molar-refractivity contribution in [2.75, 3.05) is 0 Å². The molecule has 1 heterocycles. The lowest BCUT2D eigenvalue weighted by Crippen LogP contribution is -2.05. The lowest BCUT2D eigenvalue weighted by atomic mass is 10.3. The van der Waals surface area contributed by atoms with E-state index in [0.717, 1.165) is 5.82 Å². The van der Waals surface area contributed by atoms with Crippen LogP contribution >= 0.6 is 33.9 Å². The van der Waals surface area contributed by atoms with Gasteiger partial charge in [0.1, 0.15) is 28.1 Å². The summed E-state index contributed by atoms with van der Waals surface area (Å²) >= 11 is 11.9. The molecule has 0 fully saturated rings. The van der Waals surface area contributed by atoms with Crippen molar-refractivity contribution in [1.29, 1.82) is 0 Å². The highest BCUT2D eigenvalue weighted by atomic mass is 35.7. The molecule has 0 aliphatic carbocycles. The Hall–Kier alpha value is -1.02. The molecule has 1 aromatic carbocycles. The highest BCUT2D eigenvalue weighted by molar-refractivity contribution is 8.13. The molecule has 2 rings (SSSR count). The first-order chi connectivity index (χ1) is 9.71. The quantitative estimate of drug-likeness (QED) is 0.774. The van der Waals surface area contributed by atoms with Gasteiger partial charge >= 0.3 is 0 Å². The van der Waals surface area contributed by atoms with Gasteiger partial charge in [-0.25, -0.2) is 8.42 Å². The summed E-state index contributed by atoms with van der Waals surface area (Å²) in [6, 6.07) is 2.61. The van der Waals surface area contributed by atoms with E-state index in [1.54, 1.807) is 18.5 Å². The second-order valence-corrected chi connectivity index (χ2v) is 7.43. The second-order valence-electron chi connectivity index (χ2n) is 4.14. The first-order valence-corrected chi connectivity index (χ1v) is 8.68. The van der Waals surface area contributed by atoms with E-state index in [2.05, 4.69) is 10.2 Å². The Kier molecular flexibility index (Phi) is 4.67. The summed E-state index contributed by atoms with van der Waals surface area (Å²) < 4.78 is 29.9. The van der Waals surface area contributed by atoms with Crippen molar-refractivity contribution in [3.8, 4) is 5.75 Å². The Morgan fingerprint density at radius 2 is 1.90 bits per heavy atom.